The Morgan fingerprint density at radius 3 is 2.52 bits per heavy atom. The number of para-hydroxylation sites is 1. The van der Waals surface area contributed by atoms with Crippen LogP contribution in [-0.2, 0) is 11.4 Å². The number of carbonyl (C=O) groups is 2. The number of imide groups is 1. The fraction of sp³-hybridized carbons (Fsp3) is 0.200. The van der Waals surface area contributed by atoms with E-state index in [0.29, 0.717) is 18.9 Å². The van der Waals surface area contributed by atoms with Crippen molar-refractivity contribution >= 4 is 18.0 Å². The minimum absolute atomic E-state index is 0.272. The van der Waals surface area contributed by atoms with E-state index in [0.717, 1.165) is 17.5 Å². The number of benzene rings is 2. The SMILES string of the molecule is CCCN1C(=O)N/C(=C/c2ccccc2OCc2ccccc2)C1=O. The number of ether oxygens (including phenoxy) is 1. The molecule has 128 valence electrons. The average Bonchev–Trinajstić information content (AvgIpc) is 2.90. The van der Waals surface area contributed by atoms with Gasteiger partial charge in [0.25, 0.3) is 5.91 Å². The van der Waals surface area contributed by atoms with Gasteiger partial charge >= 0.3 is 6.03 Å². The molecule has 0 radical (unpaired) electrons. The fourth-order valence-corrected chi connectivity index (χ4v) is 2.62. The lowest BCUT2D eigenvalue weighted by Gasteiger charge is -2.10. The molecule has 3 rings (SSSR count). The van der Waals surface area contributed by atoms with Gasteiger partial charge in [-0.05, 0) is 24.1 Å². The van der Waals surface area contributed by atoms with Gasteiger partial charge in [0.05, 0.1) is 0 Å². The third kappa shape index (κ3) is 3.88. The molecule has 25 heavy (non-hydrogen) atoms. The number of hydrogen-bond donors (Lipinski definition) is 1. The Labute approximate surface area is 146 Å². The molecule has 2 aromatic rings. The van der Waals surface area contributed by atoms with Crippen LogP contribution in [0.5, 0.6) is 5.75 Å². The Bertz CT molecular complexity index is 800. The van der Waals surface area contributed by atoms with Crippen molar-refractivity contribution < 1.29 is 14.3 Å². The zero-order chi connectivity index (χ0) is 17.6. The summed E-state index contributed by atoms with van der Waals surface area (Å²) in [7, 11) is 0. The van der Waals surface area contributed by atoms with Crippen molar-refractivity contribution in [3.63, 3.8) is 0 Å². The van der Waals surface area contributed by atoms with Gasteiger partial charge in [0.15, 0.2) is 0 Å². The summed E-state index contributed by atoms with van der Waals surface area (Å²) in [5.74, 6) is 0.361. The molecule has 1 N–H and O–H groups in total. The molecular formula is C20H20N2O3. The van der Waals surface area contributed by atoms with Gasteiger partial charge in [-0.15, -0.1) is 0 Å². The van der Waals surface area contributed by atoms with Crippen molar-refractivity contribution in [2.75, 3.05) is 6.54 Å². The number of hydrogen-bond acceptors (Lipinski definition) is 3. The highest BCUT2D eigenvalue weighted by atomic mass is 16.5. The molecule has 5 nitrogen and oxygen atoms in total. The monoisotopic (exact) mass is 336 g/mol. The summed E-state index contributed by atoms with van der Waals surface area (Å²) in [6.45, 7) is 2.77. The van der Waals surface area contributed by atoms with Crippen LogP contribution < -0.4 is 10.1 Å². The van der Waals surface area contributed by atoms with E-state index in [2.05, 4.69) is 5.32 Å². The number of urea groups is 1. The number of nitrogens with zero attached hydrogens (tertiary/aromatic N) is 1. The molecule has 0 bridgehead atoms. The predicted molar refractivity (Wildman–Crippen MR) is 95.7 cm³/mol. The first-order chi connectivity index (χ1) is 12.2. The van der Waals surface area contributed by atoms with Crippen LogP contribution in [0.2, 0.25) is 0 Å². The Balaban J connectivity index is 1.79. The smallest absolute Gasteiger partial charge is 0.329 e. The van der Waals surface area contributed by atoms with E-state index in [9.17, 15) is 9.59 Å². The lowest BCUT2D eigenvalue weighted by atomic mass is 10.1. The van der Waals surface area contributed by atoms with Crippen LogP contribution in [0.4, 0.5) is 4.79 Å². The van der Waals surface area contributed by atoms with E-state index in [1.54, 1.807) is 6.08 Å². The third-order valence-corrected chi connectivity index (χ3v) is 3.87. The minimum atomic E-state index is -0.374. The zero-order valence-corrected chi connectivity index (χ0v) is 14.1. The van der Waals surface area contributed by atoms with E-state index in [4.69, 9.17) is 4.74 Å². The highest BCUT2D eigenvalue weighted by Crippen LogP contribution is 2.23. The van der Waals surface area contributed by atoms with Crippen LogP contribution in [0.15, 0.2) is 60.3 Å². The van der Waals surface area contributed by atoms with Crippen molar-refractivity contribution in [3.8, 4) is 5.75 Å². The lowest BCUT2D eigenvalue weighted by molar-refractivity contribution is -0.122. The molecule has 2 aromatic carbocycles. The molecule has 0 spiro atoms. The summed E-state index contributed by atoms with van der Waals surface area (Å²) < 4.78 is 5.89. The van der Waals surface area contributed by atoms with E-state index in [1.165, 1.54) is 4.90 Å². The van der Waals surface area contributed by atoms with Crippen LogP contribution in [-0.4, -0.2) is 23.4 Å². The van der Waals surface area contributed by atoms with Gasteiger partial charge < -0.3 is 10.1 Å². The Kier molecular flexibility index (Phi) is 5.14. The van der Waals surface area contributed by atoms with Crippen LogP contribution in [0.3, 0.4) is 0 Å². The maximum atomic E-state index is 12.3. The summed E-state index contributed by atoms with van der Waals surface area (Å²) in [5, 5.41) is 2.63. The minimum Gasteiger partial charge on any atom is -0.488 e. The normalized spacial score (nSPS) is 15.6. The van der Waals surface area contributed by atoms with E-state index >= 15 is 0 Å². The molecule has 0 aliphatic carbocycles. The van der Waals surface area contributed by atoms with Gasteiger partial charge in [-0.25, -0.2) is 4.79 Å². The summed E-state index contributed by atoms with van der Waals surface area (Å²) in [6.07, 6.45) is 2.39. The molecule has 1 aliphatic heterocycles. The second-order valence-corrected chi connectivity index (χ2v) is 5.76. The number of nitrogens with one attached hydrogen (secondary N) is 1. The van der Waals surface area contributed by atoms with Gasteiger partial charge in [0, 0.05) is 12.1 Å². The fourth-order valence-electron chi connectivity index (χ4n) is 2.62. The van der Waals surface area contributed by atoms with Gasteiger partial charge in [-0.2, -0.15) is 0 Å². The third-order valence-electron chi connectivity index (χ3n) is 3.87. The molecule has 0 atom stereocenters. The Morgan fingerprint density at radius 2 is 1.76 bits per heavy atom. The van der Waals surface area contributed by atoms with E-state index in [-0.39, 0.29) is 17.6 Å². The van der Waals surface area contributed by atoms with Crippen molar-refractivity contribution in [3.05, 3.63) is 71.4 Å². The highest BCUT2D eigenvalue weighted by Gasteiger charge is 2.32. The lowest BCUT2D eigenvalue weighted by Crippen LogP contribution is -2.31. The number of rotatable bonds is 6. The van der Waals surface area contributed by atoms with Gasteiger partial charge in [0.1, 0.15) is 18.1 Å². The molecular weight excluding hydrogens is 316 g/mol. The summed E-state index contributed by atoms with van der Waals surface area (Å²) >= 11 is 0. The Hall–Kier alpha value is -3.08. The molecule has 1 saturated heterocycles. The van der Waals surface area contributed by atoms with Gasteiger partial charge in [-0.3, -0.25) is 9.69 Å². The van der Waals surface area contributed by atoms with Crippen LogP contribution >= 0.6 is 0 Å². The van der Waals surface area contributed by atoms with Crippen molar-refractivity contribution in [2.45, 2.75) is 20.0 Å². The first kappa shape index (κ1) is 16.8. The molecule has 1 heterocycles. The van der Waals surface area contributed by atoms with Crippen LogP contribution in [0.1, 0.15) is 24.5 Å². The van der Waals surface area contributed by atoms with Crippen LogP contribution in [0, 0.1) is 0 Å². The topological polar surface area (TPSA) is 58.6 Å². The van der Waals surface area contributed by atoms with E-state index in [1.807, 2.05) is 61.5 Å². The van der Waals surface area contributed by atoms with Crippen LogP contribution in [0.25, 0.3) is 6.08 Å². The summed E-state index contributed by atoms with van der Waals surface area (Å²) in [5.41, 5.74) is 2.08. The van der Waals surface area contributed by atoms with Gasteiger partial charge in [-0.1, -0.05) is 55.5 Å². The maximum absolute atomic E-state index is 12.3. The summed E-state index contributed by atoms with van der Waals surface area (Å²) in [4.78, 5) is 25.4. The molecule has 1 aliphatic rings. The number of carbonyl (C=O) groups excluding carboxylic acids is 2. The maximum Gasteiger partial charge on any atom is 0.329 e. The molecule has 0 saturated carbocycles. The highest BCUT2D eigenvalue weighted by molar-refractivity contribution is 6.14. The second kappa shape index (κ2) is 7.66. The zero-order valence-electron chi connectivity index (χ0n) is 14.1. The van der Waals surface area contributed by atoms with Crippen molar-refractivity contribution in [1.29, 1.82) is 0 Å². The molecule has 0 aromatic heterocycles. The van der Waals surface area contributed by atoms with Gasteiger partial charge in [0.2, 0.25) is 0 Å². The van der Waals surface area contributed by atoms with Crippen molar-refractivity contribution in [2.24, 2.45) is 0 Å². The first-order valence-electron chi connectivity index (χ1n) is 8.29. The first-order valence-corrected chi connectivity index (χ1v) is 8.29. The predicted octanol–water partition coefficient (Wildman–Crippen LogP) is 3.57. The molecule has 3 amide bonds. The van der Waals surface area contributed by atoms with E-state index < -0.39 is 0 Å². The molecule has 0 unspecified atom stereocenters. The largest absolute Gasteiger partial charge is 0.488 e. The quantitative estimate of drug-likeness (QED) is 0.648. The second-order valence-electron chi connectivity index (χ2n) is 5.76. The molecule has 5 heteroatoms. The Morgan fingerprint density at radius 1 is 1.04 bits per heavy atom. The molecule has 1 fully saturated rings. The average molecular weight is 336 g/mol. The standard InChI is InChI=1S/C20H20N2O3/c1-2-12-22-19(23)17(21-20(22)24)13-16-10-6-7-11-18(16)25-14-15-8-4-3-5-9-15/h3-11,13H,2,12,14H2,1H3,(H,21,24)/b17-13+. The van der Waals surface area contributed by atoms with Crippen molar-refractivity contribution in [1.82, 2.24) is 10.2 Å². The summed E-state index contributed by atoms with van der Waals surface area (Å²) in [6, 6.07) is 16.9. The number of amides is 3.